The first-order chi connectivity index (χ1) is 8.47. The SMILES string of the molecule is CC(C)(C)C(=O)Nc1nnc(-c2ccccc2)o1. The maximum absolute atomic E-state index is 11.7. The van der Waals surface area contributed by atoms with Crippen molar-refractivity contribution in [1.82, 2.24) is 10.2 Å². The Hall–Kier alpha value is -2.17. The van der Waals surface area contributed by atoms with Crippen molar-refractivity contribution in [3.05, 3.63) is 30.3 Å². The van der Waals surface area contributed by atoms with Crippen LogP contribution in [0.3, 0.4) is 0 Å². The van der Waals surface area contributed by atoms with Crippen LogP contribution in [0.4, 0.5) is 6.01 Å². The van der Waals surface area contributed by atoms with E-state index in [1.54, 1.807) is 0 Å². The lowest BCUT2D eigenvalue weighted by Gasteiger charge is -2.15. The Morgan fingerprint density at radius 3 is 2.44 bits per heavy atom. The molecule has 94 valence electrons. The predicted molar refractivity (Wildman–Crippen MR) is 67.8 cm³/mol. The lowest BCUT2D eigenvalue weighted by molar-refractivity contribution is -0.123. The number of anilines is 1. The molecular weight excluding hydrogens is 230 g/mol. The molecular formula is C13H15N3O2. The second kappa shape index (κ2) is 4.60. The van der Waals surface area contributed by atoms with Crippen LogP contribution in [-0.4, -0.2) is 16.1 Å². The molecule has 0 saturated heterocycles. The summed E-state index contributed by atoms with van der Waals surface area (Å²) in [6.45, 7) is 5.45. The summed E-state index contributed by atoms with van der Waals surface area (Å²) in [7, 11) is 0. The number of benzene rings is 1. The third-order valence-electron chi connectivity index (χ3n) is 2.35. The smallest absolute Gasteiger partial charge is 0.322 e. The molecule has 2 aromatic rings. The van der Waals surface area contributed by atoms with E-state index in [0.717, 1.165) is 5.56 Å². The molecule has 0 aliphatic rings. The van der Waals surface area contributed by atoms with Gasteiger partial charge < -0.3 is 4.42 Å². The molecule has 5 heteroatoms. The third kappa shape index (κ3) is 2.74. The van der Waals surface area contributed by atoms with Gasteiger partial charge in [0.05, 0.1) is 0 Å². The van der Waals surface area contributed by atoms with E-state index in [4.69, 9.17) is 4.42 Å². The summed E-state index contributed by atoms with van der Waals surface area (Å²) in [5.41, 5.74) is 0.322. The van der Waals surface area contributed by atoms with Gasteiger partial charge in [-0.1, -0.05) is 44.1 Å². The summed E-state index contributed by atoms with van der Waals surface area (Å²) in [5, 5.41) is 10.3. The van der Waals surface area contributed by atoms with Crippen LogP contribution in [-0.2, 0) is 4.79 Å². The third-order valence-corrected chi connectivity index (χ3v) is 2.35. The van der Waals surface area contributed by atoms with Crippen molar-refractivity contribution in [2.24, 2.45) is 5.41 Å². The molecule has 0 radical (unpaired) electrons. The van der Waals surface area contributed by atoms with Crippen LogP contribution in [0.2, 0.25) is 0 Å². The van der Waals surface area contributed by atoms with Crippen LogP contribution >= 0.6 is 0 Å². The Bertz CT molecular complexity index is 541. The Morgan fingerprint density at radius 2 is 1.83 bits per heavy atom. The van der Waals surface area contributed by atoms with Crippen LogP contribution in [0.5, 0.6) is 0 Å². The molecule has 1 heterocycles. The molecule has 0 atom stereocenters. The number of nitrogens with one attached hydrogen (secondary N) is 1. The molecule has 0 saturated carbocycles. The number of rotatable bonds is 2. The van der Waals surface area contributed by atoms with Crippen LogP contribution in [0.1, 0.15) is 20.8 Å². The minimum Gasteiger partial charge on any atom is -0.403 e. The van der Waals surface area contributed by atoms with Crippen LogP contribution < -0.4 is 5.32 Å². The normalized spacial score (nSPS) is 11.3. The highest BCUT2D eigenvalue weighted by atomic mass is 16.4. The molecule has 0 fully saturated rings. The number of aromatic nitrogens is 2. The summed E-state index contributed by atoms with van der Waals surface area (Å²) in [4.78, 5) is 11.7. The Balaban J connectivity index is 2.15. The van der Waals surface area contributed by atoms with Gasteiger partial charge in [-0.3, -0.25) is 10.1 Å². The van der Waals surface area contributed by atoms with Crippen LogP contribution in [0, 0.1) is 5.41 Å². The average Bonchev–Trinajstić information content (AvgIpc) is 2.77. The van der Waals surface area contributed by atoms with Crippen molar-refractivity contribution in [1.29, 1.82) is 0 Å². The van der Waals surface area contributed by atoms with Gasteiger partial charge in [-0.25, -0.2) is 0 Å². The molecule has 1 N–H and O–H groups in total. The largest absolute Gasteiger partial charge is 0.403 e. The Morgan fingerprint density at radius 1 is 1.17 bits per heavy atom. The van der Waals surface area contributed by atoms with Crippen LogP contribution in [0.25, 0.3) is 11.5 Å². The van der Waals surface area contributed by atoms with Crippen molar-refractivity contribution in [3.8, 4) is 11.5 Å². The van der Waals surface area contributed by atoms with Gasteiger partial charge in [-0.05, 0) is 12.1 Å². The Kier molecular flexibility index (Phi) is 3.14. The quantitative estimate of drug-likeness (QED) is 0.883. The second-order valence-electron chi connectivity index (χ2n) is 4.98. The molecule has 2 rings (SSSR count). The number of nitrogens with zero attached hydrogens (tertiary/aromatic N) is 2. The number of amides is 1. The summed E-state index contributed by atoms with van der Waals surface area (Å²) in [6.07, 6.45) is 0. The topological polar surface area (TPSA) is 68.0 Å². The summed E-state index contributed by atoms with van der Waals surface area (Å²) < 4.78 is 5.38. The van der Waals surface area contributed by atoms with Gasteiger partial charge in [-0.15, -0.1) is 5.10 Å². The number of carbonyl (C=O) groups excluding carboxylic acids is 1. The number of carbonyl (C=O) groups is 1. The predicted octanol–water partition coefficient (Wildman–Crippen LogP) is 2.72. The monoisotopic (exact) mass is 245 g/mol. The van der Waals surface area contributed by atoms with Crippen molar-refractivity contribution in [3.63, 3.8) is 0 Å². The molecule has 0 bridgehead atoms. The molecule has 1 aromatic heterocycles. The lowest BCUT2D eigenvalue weighted by Crippen LogP contribution is -2.27. The first kappa shape index (κ1) is 12.3. The molecule has 0 unspecified atom stereocenters. The first-order valence-electron chi connectivity index (χ1n) is 5.67. The van der Waals surface area contributed by atoms with Gasteiger partial charge in [-0.2, -0.15) is 0 Å². The van der Waals surface area contributed by atoms with Crippen molar-refractivity contribution in [2.75, 3.05) is 5.32 Å². The molecule has 1 amide bonds. The second-order valence-corrected chi connectivity index (χ2v) is 4.98. The average molecular weight is 245 g/mol. The minimum atomic E-state index is -0.499. The van der Waals surface area contributed by atoms with Crippen molar-refractivity contribution >= 4 is 11.9 Å². The minimum absolute atomic E-state index is 0.119. The molecule has 18 heavy (non-hydrogen) atoms. The van der Waals surface area contributed by atoms with E-state index < -0.39 is 5.41 Å². The summed E-state index contributed by atoms with van der Waals surface area (Å²) in [5.74, 6) is 0.227. The van der Waals surface area contributed by atoms with E-state index in [1.807, 2.05) is 51.1 Å². The zero-order chi connectivity index (χ0) is 13.2. The zero-order valence-electron chi connectivity index (χ0n) is 10.6. The van der Waals surface area contributed by atoms with Gasteiger partial charge in [0.25, 0.3) is 0 Å². The maximum Gasteiger partial charge on any atom is 0.322 e. The van der Waals surface area contributed by atoms with Crippen LogP contribution in [0.15, 0.2) is 34.7 Å². The van der Waals surface area contributed by atoms with E-state index in [-0.39, 0.29) is 11.9 Å². The van der Waals surface area contributed by atoms with Gasteiger partial charge in [0.1, 0.15) is 0 Å². The number of hydrogen-bond acceptors (Lipinski definition) is 4. The van der Waals surface area contributed by atoms with E-state index in [1.165, 1.54) is 0 Å². The van der Waals surface area contributed by atoms with E-state index in [0.29, 0.717) is 5.89 Å². The van der Waals surface area contributed by atoms with Gasteiger partial charge in [0.2, 0.25) is 11.8 Å². The summed E-state index contributed by atoms with van der Waals surface area (Å²) >= 11 is 0. The maximum atomic E-state index is 11.7. The highest BCUT2D eigenvalue weighted by Crippen LogP contribution is 2.21. The zero-order valence-corrected chi connectivity index (χ0v) is 10.6. The van der Waals surface area contributed by atoms with E-state index in [2.05, 4.69) is 15.5 Å². The Labute approximate surface area is 105 Å². The fourth-order valence-corrected chi connectivity index (χ4v) is 1.26. The molecule has 0 aliphatic heterocycles. The van der Waals surface area contributed by atoms with Crippen molar-refractivity contribution < 1.29 is 9.21 Å². The standard InChI is InChI=1S/C13H15N3O2/c1-13(2,3)11(17)14-12-16-15-10(18-12)9-7-5-4-6-8-9/h4-8H,1-3H3,(H,14,16,17). The van der Waals surface area contributed by atoms with Gasteiger partial charge >= 0.3 is 6.01 Å². The lowest BCUT2D eigenvalue weighted by atomic mass is 9.96. The highest BCUT2D eigenvalue weighted by molar-refractivity contribution is 5.92. The first-order valence-corrected chi connectivity index (χ1v) is 5.67. The van der Waals surface area contributed by atoms with Gasteiger partial charge in [0.15, 0.2) is 0 Å². The van der Waals surface area contributed by atoms with Crippen molar-refractivity contribution in [2.45, 2.75) is 20.8 Å². The highest BCUT2D eigenvalue weighted by Gasteiger charge is 2.23. The van der Waals surface area contributed by atoms with E-state index >= 15 is 0 Å². The molecule has 1 aromatic carbocycles. The van der Waals surface area contributed by atoms with Gasteiger partial charge in [0, 0.05) is 11.0 Å². The fourth-order valence-electron chi connectivity index (χ4n) is 1.26. The number of hydrogen-bond donors (Lipinski definition) is 1. The molecule has 0 aliphatic carbocycles. The fraction of sp³-hybridized carbons (Fsp3) is 0.308. The molecule has 5 nitrogen and oxygen atoms in total. The molecule has 0 spiro atoms. The van der Waals surface area contributed by atoms with E-state index in [9.17, 15) is 4.79 Å². The summed E-state index contributed by atoms with van der Waals surface area (Å²) in [6, 6.07) is 9.52.